The molecule has 10 aromatic carbocycles. The van der Waals surface area contributed by atoms with Crippen LogP contribution in [0.2, 0.25) is 0 Å². The number of aliphatic hydroxyl groups is 4. The summed E-state index contributed by atoms with van der Waals surface area (Å²) in [4.78, 5) is 4.85. The Hall–Kier alpha value is -8.38. The second kappa shape index (κ2) is 51.2. The molecule has 0 amide bonds. The summed E-state index contributed by atoms with van der Waals surface area (Å²) in [5.74, 6) is -0.845. The van der Waals surface area contributed by atoms with Crippen LogP contribution < -0.4 is 34.7 Å². The molecular weight excluding hydrogens is 1740 g/mol. The largest absolute Gasteiger partial charge is 1.00 e. The van der Waals surface area contributed by atoms with Crippen LogP contribution in [0.25, 0.3) is 0 Å². The Morgan fingerprint density at radius 3 is 0.955 bits per heavy atom. The first-order valence-electron chi connectivity index (χ1n) is 44.4. The summed E-state index contributed by atoms with van der Waals surface area (Å²) < 4.78 is 176. The second-order valence-corrected chi connectivity index (χ2v) is 34.0. The number of aliphatic hydroxyl groups excluding tert-OH is 4. The zero-order valence-electron chi connectivity index (χ0n) is 74.2. The Kier molecular flexibility index (Phi) is 38.7. The van der Waals surface area contributed by atoms with Crippen molar-refractivity contribution in [2.75, 3.05) is 26.4 Å². The van der Waals surface area contributed by atoms with Crippen LogP contribution in [0.4, 0.5) is 0 Å². The molecule has 133 heavy (non-hydrogen) atoms. The van der Waals surface area contributed by atoms with Crippen molar-refractivity contribution in [1.29, 1.82) is 0 Å². The molecule has 5 aliphatic rings. The number of hydrogen-bond acceptors (Lipinski definition) is 28. The number of rotatable bonds is 45. The molecule has 25 atom stereocenters. The molecule has 5 heterocycles. The number of nitrogens with zero attached hydrogens (tertiary/aromatic N) is 1. The molecule has 0 radical (unpaired) electrons. The molecule has 0 saturated carbocycles. The zero-order valence-corrected chi connectivity index (χ0v) is 77.0. The summed E-state index contributed by atoms with van der Waals surface area (Å²) in [7, 11) is -5.50. The van der Waals surface area contributed by atoms with E-state index in [9.17, 15) is 38.5 Å². The summed E-state index contributed by atoms with van der Waals surface area (Å²) in [6.07, 6.45) is -38.0. The molecule has 0 aromatic heterocycles. The Balaban J connectivity index is 0.0000142. The Labute approximate surface area is 797 Å². The molecule has 5 N–H and O–H groups in total. The fraction of sp³-hybridized carbons (Fsp3) is 0.402. The molecule has 5 aliphatic heterocycles. The first-order chi connectivity index (χ1) is 64.5. The van der Waals surface area contributed by atoms with Crippen LogP contribution in [-0.2, 0) is 171 Å². The van der Waals surface area contributed by atoms with Gasteiger partial charge in [0.15, 0.2) is 31.5 Å². The predicted molar refractivity (Wildman–Crippen MR) is 477 cm³/mol. The van der Waals surface area contributed by atoms with Crippen LogP contribution in [0, 0.1) is 0 Å². The molecule has 0 aliphatic carbocycles. The van der Waals surface area contributed by atoms with E-state index in [0.29, 0.717) is 11.1 Å². The van der Waals surface area contributed by atoms with Crippen molar-refractivity contribution >= 4 is 16.3 Å². The van der Waals surface area contributed by atoms with Gasteiger partial charge in [0.1, 0.15) is 116 Å². The van der Waals surface area contributed by atoms with Gasteiger partial charge in [-0.2, -0.15) is 8.42 Å². The first kappa shape index (κ1) is 101. The van der Waals surface area contributed by atoms with Crippen molar-refractivity contribution in [3.8, 4) is 0 Å². The van der Waals surface area contributed by atoms with Crippen molar-refractivity contribution in [3.05, 3.63) is 359 Å². The molecule has 29 nitrogen and oxygen atoms in total. The van der Waals surface area contributed by atoms with Gasteiger partial charge in [-0.05, 0) is 75.4 Å². The molecule has 15 rings (SSSR count). The number of aliphatic imine (C=N–C) groups is 1. The van der Waals surface area contributed by atoms with Crippen molar-refractivity contribution in [2.24, 2.45) is 4.99 Å². The summed E-state index contributed by atoms with van der Waals surface area (Å²) in [6.45, 7) is 0.953. The first-order valence-corrected chi connectivity index (χ1v) is 45.7. The Morgan fingerprint density at radius 1 is 0.308 bits per heavy atom. The summed E-state index contributed by atoms with van der Waals surface area (Å²) >= 11 is 0. The van der Waals surface area contributed by atoms with E-state index in [1.54, 1.807) is 6.92 Å². The van der Waals surface area contributed by atoms with Crippen molar-refractivity contribution in [1.82, 2.24) is 0 Å². The van der Waals surface area contributed by atoms with E-state index < -0.39 is 183 Å². The van der Waals surface area contributed by atoms with Crippen molar-refractivity contribution in [3.63, 3.8) is 0 Å². The summed E-state index contributed by atoms with van der Waals surface area (Å²) in [5.41, 5.74) is 7.79. The van der Waals surface area contributed by atoms with Gasteiger partial charge < -0.3 is 116 Å². The number of hydrogen-bond donors (Lipinski definition) is 5. The van der Waals surface area contributed by atoms with E-state index >= 15 is 0 Å². The Bertz CT molecular complexity index is 5120. The average Bonchev–Trinajstić information content (AvgIpc) is 0.755. The maximum atomic E-state index is 14.8. The van der Waals surface area contributed by atoms with E-state index in [1.165, 1.54) is 6.92 Å². The summed E-state index contributed by atoms with van der Waals surface area (Å²) in [5, 5.41) is 63.7. The van der Waals surface area contributed by atoms with E-state index in [1.807, 2.05) is 303 Å². The van der Waals surface area contributed by atoms with Gasteiger partial charge in [-0.3, -0.25) is 9.55 Å². The van der Waals surface area contributed by atoms with E-state index in [4.69, 9.17) is 99.2 Å². The molecule has 0 unspecified atom stereocenters. The predicted octanol–water partition coefficient (Wildman–Crippen LogP) is 7.97. The molecule has 5 saturated heterocycles. The van der Waals surface area contributed by atoms with E-state index in [0.717, 1.165) is 44.5 Å². The normalized spacial score (nSPS) is 29.1. The maximum Gasteiger partial charge on any atom is 1.00 e. The smallest absolute Gasteiger partial charge is 0.862 e. The maximum absolute atomic E-state index is 14.8. The minimum atomic E-state index is -5.50. The zero-order chi connectivity index (χ0) is 91.4. The van der Waals surface area contributed by atoms with Crippen LogP contribution in [0.1, 0.15) is 69.5 Å². The third-order valence-electron chi connectivity index (χ3n) is 23.3. The third-order valence-corrected chi connectivity index (χ3v) is 23.7. The number of ether oxygens (including phenoxy) is 19. The van der Waals surface area contributed by atoms with Gasteiger partial charge in [-0.25, -0.2) is 4.18 Å². The van der Waals surface area contributed by atoms with Crippen molar-refractivity contribution < 1.29 is 162 Å². The molecule has 5 fully saturated rings. The van der Waals surface area contributed by atoms with Gasteiger partial charge in [0.2, 0.25) is 0 Å². The van der Waals surface area contributed by atoms with Gasteiger partial charge >= 0.3 is 40.0 Å². The van der Waals surface area contributed by atoms with E-state index in [2.05, 4.69) is 0 Å². The fourth-order valence-electron chi connectivity index (χ4n) is 16.6. The third kappa shape index (κ3) is 28.9. The SMILES string of the molecule is CC([O-])=N[C@H]1[C@H](O[C@H]2[C@@H](O)[C@@H](COCc3ccccc3)O[C@@H](O[C@H]3[C@H](OCc4ccccc4)[C@@H](OCc4ccccc4)[C@H](OCc4ccccc4)O[C@@H]3COCc3ccccc3)[C@@H]2OCc2ccccc2)O[C@H](COCc2ccccc2)[C@@H](O[C@@H]2O[C@H](CO)[C@H](O)[C@H](OS(=O)(=O)O)[C@H]2O)[C@@H]1O[C@@H]1O[C@@H](C)[C@@H](OCc2ccccc2)[C@@H](OCc2ccccc2)[C@@H]1OCc1ccccc1.[Na+]. The minimum absolute atomic E-state index is 0. The van der Waals surface area contributed by atoms with Crippen molar-refractivity contribution in [2.45, 2.75) is 233 Å². The molecule has 31 heteroatoms. The summed E-state index contributed by atoms with van der Waals surface area (Å²) in [6, 6.07) is 92.6. The van der Waals surface area contributed by atoms with Gasteiger partial charge in [-0.15, -0.1) is 0 Å². The average molecular weight is 1860 g/mol. The molecule has 10 aromatic rings. The Morgan fingerprint density at radius 2 is 0.579 bits per heavy atom. The quantitative estimate of drug-likeness (QED) is 0.0104. The van der Waals surface area contributed by atoms with Crippen LogP contribution in [0.3, 0.4) is 0 Å². The van der Waals surface area contributed by atoms with Crippen LogP contribution in [0.5, 0.6) is 0 Å². The second-order valence-electron chi connectivity index (χ2n) is 32.9. The van der Waals surface area contributed by atoms with E-state index in [-0.39, 0.29) is 109 Å². The van der Waals surface area contributed by atoms with Gasteiger partial charge in [0, 0.05) is 0 Å². The number of benzene rings is 10. The molecule has 0 bridgehead atoms. The van der Waals surface area contributed by atoms with Crippen LogP contribution in [0.15, 0.2) is 308 Å². The fourth-order valence-corrected chi connectivity index (χ4v) is 17.1. The molecule has 0 spiro atoms. The van der Waals surface area contributed by atoms with Crippen LogP contribution in [-0.4, -0.2) is 219 Å². The van der Waals surface area contributed by atoms with Gasteiger partial charge in [0.05, 0.1) is 98.6 Å². The monoisotopic (exact) mass is 1860 g/mol. The topological polar surface area (TPSA) is 355 Å². The molecular formula is C102H114NNaO28S. The van der Waals surface area contributed by atoms with Crippen LogP contribution >= 0.6 is 0 Å². The van der Waals surface area contributed by atoms with Gasteiger partial charge in [-0.1, -0.05) is 303 Å². The molecule has 702 valence electrons. The standard InChI is InChI=1S/C102H115NO28S.Na/c1-67-87(115-57-72-39-19-6-20-40-72)93(116-58-73-41-21-7-22-42-73)97(120-62-77-49-29-11-30-50-77)101(122-67)129-90-83(103-68(2)105)98(125-81(65-113-55-70-35-15-4-16-36-70)88(90)127-99-86(108)91(131-132(109,110)111)84(106)79(53-104)123-99)130-92-85(107)80(64-112-54-69-33-13-3-14-34-69)124-102(95(92)118-60-75-45-25-9-26-46-75)128-89-82(66-114-56-71-37-17-5-18-38-71)126-100(121-63-78-51-31-12-32-52-78)96(119-61-76-47-27-10-28-48-76)94(89)117-59-74-43-23-8-24-44-74;/h3-52,67,79-102,104,106-108H,53-66H2,1-2H3,(H,103,105)(H,109,110,111);/q;+1/p-1/t67-,79+,80+,81+,82+,83+,84-,85-,86+,87+,88+,89+,90+,91-,92-,93+,94-,95+,96+,97-,98-,99-,100+,101-,102-;/m0./s1. The van der Waals surface area contributed by atoms with Gasteiger partial charge in [0.25, 0.3) is 0 Å². The minimum Gasteiger partial charge on any atom is -0.862 e.